The number of rotatable bonds is 3. The largest absolute Gasteiger partial charge is 0.301 e. The Hall–Kier alpha value is -0.370. The lowest BCUT2D eigenvalue weighted by Crippen LogP contribution is -2.10. The number of halogens is 1. The van der Waals surface area contributed by atoms with E-state index in [2.05, 4.69) is 0 Å². The second kappa shape index (κ2) is 4.78. The van der Waals surface area contributed by atoms with E-state index in [0.717, 1.165) is 6.42 Å². The van der Waals surface area contributed by atoms with Crippen molar-refractivity contribution in [3.8, 4) is 0 Å². The molecule has 48 valence electrons. The second-order valence-corrected chi connectivity index (χ2v) is 1.63. The molecule has 2 heteroatoms. The van der Waals surface area contributed by atoms with Crippen LogP contribution in [0.4, 0.5) is 4.39 Å². The third-order valence-electron chi connectivity index (χ3n) is 0.764. The molecule has 0 aromatic heterocycles. The van der Waals surface area contributed by atoms with Crippen LogP contribution in [0.2, 0.25) is 0 Å². The Balaban J connectivity index is 3.03. The zero-order valence-corrected chi connectivity index (χ0v) is 5.10. The van der Waals surface area contributed by atoms with E-state index in [1.165, 1.54) is 0 Å². The first-order valence-electron chi connectivity index (χ1n) is 2.82. The summed E-state index contributed by atoms with van der Waals surface area (Å²) in [6.45, 7) is 2.00. The Morgan fingerprint density at radius 1 is 1.62 bits per heavy atom. The minimum atomic E-state index is -1.18. The van der Waals surface area contributed by atoms with E-state index in [9.17, 15) is 4.39 Å². The van der Waals surface area contributed by atoms with Crippen LogP contribution in [0.15, 0.2) is 12.2 Å². The van der Waals surface area contributed by atoms with Gasteiger partial charge in [-0.05, 0) is 6.42 Å². The van der Waals surface area contributed by atoms with Gasteiger partial charge in [0.25, 0.3) is 0 Å². The van der Waals surface area contributed by atoms with Crippen LogP contribution < -0.4 is 5.73 Å². The molecule has 0 aliphatic heterocycles. The molecule has 2 N–H and O–H groups in total. The molecular formula is C6H12FN. The van der Waals surface area contributed by atoms with Crippen molar-refractivity contribution in [3.05, 3.63) is 12.2 Å². The third kappa shape index (κ3) is 5.63. The molecule has 0 heterocycles. The van der Waals surface area contributed by atoms with Gasteiger partial charge in [0.1, 0.15) is 0 Å². The van der Waals surface area contributed by atoms with E-state index in [1.807, 2.05) is 13.0 Å². The van der Waals surface area contributed by atoms with Crippen molar-refractivity contribution < 1.29 is 4.39 Å². The van der Waals surface area contributed by atoms with Gasteiger partial charge in [-0.1, -0.05) is 19.1 Å². The van der Waals surface area contributed by atoms with Gasteiger partial charge in [0, 0.05) is 6.42 Å². The van der Waals surface area contributed by atoms with Crippen molar-refractivity contribution in [2.75, 3.05) is 0 Å². The summed E-state index contributed by atoms with van der Waals surface area (Å²) in [7, 11) is 0. The first kappa shape index (κ1) is 7.63. The molecule has 0 aliphatic carbocycles. The predicted molar refractivity (Wildman–Crippen MR) is 33.1 cm³/mol. The fourth-order valence-electron chi connectivity index (χ4n) is 0.393. The number of hydrogen-bond donors (Lipinski definition) is 1. The molecule has 0 amide bonds. The van der Waals surface area contributed by atoms with Crippen molar-refractivity contribution in [3.63, 3.8) is 0 Å². The van der Waals surface area contributed by atoms with Crippen LogP contribution in [0.1, 0.15) is 19.8 Å². The average Bonchev–Trinajstić information content (AvgIpc) is 1.66. The number of allylic oxidation sites excluding steroid dienone is 1. The highest BCUT2D eigenvalue weighted by molar-refractivity contribution is 4.81. The topological polar surface area (TPSA) is 26.0 Å². The van der Waals surface area contributed by atoms with E-state index in [1.54, 1.807) is 6.08 Å². The molecule has 0 aromatic carbocycles. The zero-order chi connectivity index (χ0) is 6.41. The minimum Gasteiger partial charge on any atom is -0.301 e. The molecule has 1 atom stereocenters. The van der Waals surface area contributed by atoms with Gasteiger partial charge in [0.2, 0.25) is 0 Å². The van der Waals surface area contributed by atoms with Gasteiger partial charge in [-0.3, -0.25) is 0 Å². The number of hydrogen-bond acceptors (Lipinski definition) is 1. The van der Waals surface area contributed by atoms with E-state index in [4.69, 9.17) is 5.73 Å². The van der Waals surface area contributed by atoms with Gasteiger partial charge < -0.3 is 5.73 Å². The first-order valence-corrected chi connectivity index (χ1v) is 2.82. The van der Waals surface area contributed by atoms with Crippen LogP contribution in [0.3, 0.4) is 0 Å². The molecule has 1 unspecified atom stereocenters. The van der Waals surface area contributed by atoms with Crippen molar-refractivity contribution in [1.82, 2.24) is 0 Å². The summed E-state index contributed by atoms with van der Waals surface area (Å²) in [5.74, 6) is 0. The molecule has 0 spiro atoms. The first-order chi connectivity index (χ1) is 3.77. The fourth-order valence-corrected chi connectivity index (χ4v) is 0.393. The normalized spacial score (nSPS) is 14.9. The Bertz CT molecular complexity index is 68.9. The lowest BCUT2D eigenvalue weighted by atomic mass is 10.3. The molecule has 0 aliphatic rings. The fraction of sp³-hybridized carbons (Fsp3) is 0.667. The Morgan fingerprint density at radius 2 is 2.25 bits per heavy atom. The van der Waals surface area contributed by atoms with Gasteiger partial charge in [-0.25, -0.2) is 4.39 Å². The molecule has 0 bridgehead atoms. The lowest BCUT2D eigenvalue weighted by Gasteiger charge is -1.91. The van der Waals surface area contributed by atoms with Crippen LogP contribution in [-0.2, 0) is 0 Å². The molecule has 8 heavy (non-hydrogen) atoms. The van der Waals surface area contributed by atoms with Gasteiger partial charge in [0.15, 0.2) is 6.30 Å². The quantitative estimate of drug-likeness (QED) is 0.441. The van der Waals surface area contributed by atoms with Crippen LogP contribution in [0, 0.1) is 0 Å². The molecular weight excluding hydrogens is 105 g/mol. The molecule has 0 aromatic rings. The highest BCUT2D eigenvalue weighted by Gasteiger charge is 1.89. The molecule has 0 fully saturated rings. The van der Waals surface area contributed by atoms with Crippen LogP contribution >= 0.6 is 0 Å². The van der Waals surface area contributed by atoms with Gasteiger partial charge in [0.05, 0.1) is 0 Å². The molecule has 1 nitrogen and oxygen atoms in total. The smallest absolute Gasteiger partial charge is 0.152 e. The SMILES string of the molecule is CC/C=C\CC(N)F. The van der Waals surface area contributed by atoms with E-state index in [0.29, 0.717) is 6.42 Å². The summed E-state index contributed by atoms with van der Waals surface area (Å²) < 4.78 is 11.8. The monoisotopic (exact) mass is 117 g/mol. The zero-order valence-electron chi connectivity index (χ0n) is 5.10. The molecule has 0 rings (SSSR count). The summed E-state index contributed by atoms with van der Waals surface area (Å²) in [6, 6.07) is 0. The summed E-state index contributed by atoms with van der Waals surface area (Å²) >= 11 is 0. The maximum atomic E-state index is 11.8. The summed E-state index contributed by atoms with van der Waals surface area (Å²) in [6.07, 6.45) is 3.77. The number of alkyl halides is 1. The Kier molecular flexibility index (Phi) is 4.56. The van der Waals surface area contributed by atoms with Gasteiger partial charge in [-0.2, -0.15) is 0 Å². The van der Waals surface area contributed by atoms with E-state index < -0.39 is 6.30 Å². The highest BCUT2D eigenvalue weighted by atomic mass is 19.1. The van der Waals surface area contributed by atoms with Crippen molar-refractivity contribution >= 4 is 0 Å². The Labute approximate surface area is 49.4 Å². The van der Waals surface area contributed by atoms with Gasteiger partial charge in [-0.15, -0.1) is 0 Å². The van der Waals surface area contributed by atoms with Crippen LogP contribution in [0.5, 0.6) is 0 Å². The predicted octanol–water partition coefficient (Wildman–Crippen LogP) is 1.60. The van der Waals surface area contributed by atoms with Crippen LogP contribution in [-0.4, -0.2) is 6.30 Å². The second-order valence-electron chi connectivity index (χ2n) is 1.63. The van der Waals surface area contributed by atoms with Crippen molar-refractivity contribution in [2.24, 2.45) is 5.73 Å². The Morgan fingerprint density at radius 3 is 2.62 bits per heavy atom. The number of nitrogens with two attached hydrogens (primary N) is 1. The standard InChI is InChI=1S/C6H12FN/c1-2-3-4-5-6(7)8/h3-4,6H,2,5,8H2,1H3/b4-3-. The van der Waals surface area contributed by atoms with Crippen LogP contribution in [0.25, 0.3) is 0 Å². The average molecular weight is 117 g/mol. The van der Waals surface area contributed by atoms with Crippen molar-refractivity contribution in [2.45, 2.75) is 26.1 Å². The molecule has 0 radical (unpaired) electrons. The summed E-state index contributed by atoms with van der Waals surface area (Å²) in [5, 5.41) is 0. The van der Waals surface area contributed by atoms with E-state index >= 15 is 0 Å². The maximum Gasteiger partial charge on any atom is 0.152 e. The third-order valence-corrected chi connectivity index (χ3v) is 0.764. The van der Waals surface area contributed by atoms with Gasteiger partial charge >= 0.3 is 0 Å². The van der Waals surface area contributed by atoms with Crippen molar-refractivity contribution in [1.29, 1.82) is 0 Å². The summed E-state index contributed by atoms with van der Waals surface area (Å²) in [5.41, 5.74) is 4.82. The lowest BCUT2D eigenvalue weighted by molar-refractivity contribution is 0.347. The molecule has 0 saturated heterocycles. The maximum absolute atomic E-state index is 11.8. The summed E-state index contributed by atoms with van der Waals surface area (Å²) in [4.78, 5) is 0. The van der Waals surface area contributed by atoms with E-state index in [-0.39, 0.29) is 0 Å². The minimum absolute atomic E-state index is 0.341. The highest BCUT2D eigenvalue weighted by Crippen LogP contribution is 1.91. The molecule has 0 saturated carbocycles.